The Morgan fingerprint density at radius 1 is 1.26 bits per heavy atom. The van der Waals surface area contributed by atoms with Gasteiger partial charge in [0.15, 0.2) is 11.5 Å². The van der Waals surface area contributed by atoms with Crippen LogP contribution in [0.3, 0.4) is 0 Å². The summed E-state index contributed by atoms with van der Waals surface area (Å²) in [6.45, 7) is 1.54. The smallest absolute Gasteiger partial charge is 0.231 e. The van der Waals surface area contributed by atoms with E-state index in [4.69, 9.17) is 14.7 Å². The maximum Gasteiger partial charge on any atom is 0.231 e. The number of likely N-dealkylation sites (N-methyl/N-ethyl adjacent to an activating group) is 1. The van der Waals surface area contributed by atoms with Crippen molar-refractivity contribution in [2.45, 2.75) is 50.0 Å². The SMILES string of the molecule is C[NH+]1CCc2cc3c(c4c2[C@H]1CC41CCC(=NO)CC1)OCO3. The third kappa shape index (κ3) is 1.74. The minimum absolute atomic E-state index is 0.174. The van der Waals surface area contributed by atoms with Crippen LogP contribution in [0.15, 0.2) is 11.2 Å². The molecule has 0 radical (unpaired) electrons. The standard InChI is InChI=1S/C18H22N2O3/c1-20-7-4-11-8-14-17(23-10-22-14)16-15(11)13(20)9-18(16)5-2-12(19-21)3-6-18/h8,13,21H,2-7,9-10H2,1H3/p+1/t13-,18?/m1/s1. The lowest BCUT2D eigenvalue weighted by Crippen LogP contribution is -3.10. The summed E-state index contributed by atoms with van der Waals surface area (Å²) in [4.78, 5) is 1.62. The van der Waals surface area contributed by atoms with E-state index < -0.39 is 0 Å². The van der Waals surface area contributed by atoms with Gasteiger partial charge in [0.1, 0.15) is 6.04 Å². The first-order valence-corrected chi connectivity index (χ1v) is 8.70. The molecule has 2 aliphatic carbocycles. The van der Waals surface area contributed by atoms with E-state index in [9.17, 15) is 0 Å². The van der Waals surface area contributed by atoms with E-state index in [1.807, 2.05) is 0 Å². The van der Waals surface area contributed by atoms with Gasteiger partial charge in [0.25, 0.3) is 0 Å². The van der Waals surface area contributed by atoms with Crippen molar-refractivity contribution in [2.75, 3.05) is 20.4 Å². The van der Waals surface area contributed by atoms with Crippen molar-refractivity contribution in [3.8, 4) is 11.5 Å². The Hall–Kier alpha value is -1.75. The maximum atomic E-state index is 9.11. The number of nitrogens with one attached hydrogen (secondary N) is 1. The third-order valence-electron chi connectivity index (χ3n) is 6.57. The highest BCUT2D eigenvalue weighted by Gasteiger charge is 2.53. The Bertz CT molecular complexity index is 703. The van der Waals surface area contributed by atoms with Crippen LogP contribution in [0, 0.1) is 0 Å². The highest BCUT2D eigenvalue weighted by Crippen LogP contribution is 2.59. The molecule has 4 aliphatic rings. The molecule has 1 fully saturated rings. The monoisotopic (exact) mass is 315 g/mol. The van der Waals surface area contributed by atoms with Crippen LogP contribution >= 0.6 is 0 Å². The molecule has 1 aromatic carbocycles. The summed E-state index contributed by atoms with van der Waals surface area (Å²) >= 11 is 0. The number of ether oxygens (including phenoxy) is 2. The molecule has 2 atom stereocenters. The van der Waals surface area contributed by atoms with Gasteiger partial charge in [0, 0.05) is 29.4 Å². The van der Waals surface area contributed by atoms with Crippen LogP contribution in [0.25, 0.3) is 0 Å². The first kappa shape index (κ1) is 13.7. The number of hydrogen-bond donors (Lipinski definition) is 2. The van der Waals surface area contributed by atoms with E-state index in [1.165, 1.54) is 24.1 Å². The fourth-order valence-corrected chi connectivity index (χ4v) is 5.33. The Balaban J connectivity index is 1.69. The van der Waals surface area contributed by atoms with E-state index in [-0.39, 0.29) is 5.41 Å². The van der Waals surface area contributed by atoms with Crippen LogP contribution in [-0.4, -0.2) is 31.3 Å². The maximum absolute atomic E-state index is 9.11. The second kappa shape index (κ2) is 4.63. The van der Waals surface area contributed by atoms with Gasteiger partial charge in [-0.25, -0.2) is 0 Å². The number of oxime groups is 1. The topological polar surface area (TPSA) is 55.5 Å². The lowest BCUT2D eigenvalue weighted by atomic mass is 9.69. The van der Waals surface area contributed by atoms with Gasteiger partial charge in [-0.3, -0.25) is 0 Å². The Kier molecular flexibility index (Phi) is 2.75. The van der Waals surface area contributed by atoms with Gasteiger partial charge in [-0.2, -0.15) is 0 Å². The van der Waals surface area contributed by atoms with Crippen LogP contribution < -0.4 is 14.4 Å². The number of hydrogen-bond acceptors (Lipinski definition) is 4. The van der Waals surface area contributed by atoms with Gasteiger partial charge < -0.3 is 19.6 Å². The summed E-state index contributed by atoms with van der Waals surface area (Å²) in [5.41, 5.74) is 5.57. The average molecular weight is 315 g/mol. The van der Waals surface area contributed by atoms with Crippen molar-refractivity contribution in [2.24, 2.45) is 5.16 Å². The zero-order valence-electron chi connectivity index (χ0n) is 13.5. The van der Waals surface area contributed by atoms with Gasteiger partial charge in [-0.15, -0.1) is 0 Å². The second-order valence-corrected chi connectivity index (χ2v) is 7.61. The first-order chi connectivity index (χ1) is 11.2. The molecule has 5 heteroatoms. The number of nitrogens with zero attached hydrogens (tertiary/aromatic N) is 1. The molecule has 23 heavy (non-hydrogen) atoms. The van der Waals surface area contributed by atoms with Crippen LogP contribution in [-0.2, 0) is 11.8 Å². The summed E-state index contributed by atoms with van der Waals surface area (Å²) in [5, 5.41) is 12.6. The fraction of sp³-hybridized carbons (Fsp3) is 0.611. The fourth-order valence-electron chi connectivity index (χ4n) is 5.33. The van der Waals surface area contributed by atoms with Crippen molar-refractivity contribution in [1.29, 1.82) is 0 Å². The van der Waals surface area contributed by atoms with Crippen molar-refractivity contribution in [1.82, 2.24) is 0 Å². The molecule has 0 bridgehead atoms. The summed E-state index contributed by atoms with van der Waals surface area (Å²) < 4.78 is 11.7. The van der Waals surface area contributed by atoms with Gasteiger partial charge in [0.2, 0.25) is 6.79 Å². The molecule has 2 aliphatic heterocycles. The Morgan fingerprint density at radius 3 is 2.87 bits per heavy atom. The van der Waals surface area contributed by atoms with Crippen molar-refractivity contribution >= 4 is 5.71 Å². The predicted octanol–water partition coefficient (Wildman–Crippen LogP) is 1.57. The summed E-state index contributed by atoms with van der Waals surface area (Å²) in [5.74, 6) is 1.95. The molecule has 1 aromatic rings. The molecule has 1 spiro atoms. The summed E-state index contributed by atoms with van der Waals surface area (Å²) in [7, 11) is 2.32. The normalized spacial score (nSPS) is 33.9. The minimum Gasteiger partial charge on any atom is -0.454 e. The highest BCUT2D eigenvalue weighted by atomic mass is 16.7. The minimum atomic E-state index is 0.174. The van der Waals surface area contributed by atoms with Crippen molar-refractivity contribution < 1.29 is 19.6 Å². The quantitative estimate of drug-likeness (QED) is 0.564. The predicted molar refractivity (Wildman–Crippen MR) is 84.7 cm³/mol. The molecule has 5 nitrogen and oxygen atoms in total. The molecular weight excluding hydrogens is 292 g/mol. The van der Waals surface area contributed by atoms with Crippen LogP contribution in [0.5, 0.6) is 11.5 Å². The molecular formula is C18H23N2O3+. The molecule has 2 heterocycles. The zero-order chi connectivity index (χ0) is 15.6. The lowest BCUT2D eigenvalue weighted by molar-refractivity contribution is -0.914. The number of quaternary nitrogens is 1. The molecule has 1 unspecified atom stereocenters. The Morgan fingerprint density at radius 2 is 2.09 bits per heavy atom. The summed E-state index contributed by atoms with van der Waals surface area (Å²) in [6, 6.07) is 2.80. The van der Waals surface area contributed by atoms with E-state index in [0.717, 1.165) is 49.3 Å². The van der Waals surface area contributed by atoms with E-state index in [2.05, 4.69) is 18.3 Å². The molecule has 1 saturated carbocycles. The lowest BCUT2D eigenvalue weighted by Gasteiger charge is -2.35. The molecule has 5 rings (SSSR count). The molecule has 2 N–H and O–H groups in total. The zero-order valence-corrected chi connectivity index (χ0v) is 13.5. The average Bonchev–Trinajstić information content (AvgIpc) is 3.16. The molecule has 0 amide bonds. The molecule has 122 valence electrons. The highest BCUT2D eigenvalue weighted by molar-refractivity contribution is 5.85. The van der Waals surface area contributed by atoms with Crippen LogP contribution in [0.2, 0.25) is 0 Å². The van der Waals surface area contributed by atoms with E-state index in [0.29, 0.717) is 12.8 Å². The van der Waals surface area contributed by atoms with E-state index >= 15 is 0 Å². The number of benzene rings is 1. The number of rotatable bonds is 0. The van der Waals surface area contributed by atoms with Gasteiger partial charge in [-0.05, 0) is 37.3 Å². The van der Waals surface area contributed by atoms with Gasteiger partial charge in [-0.1, -0.05) is 5.16 Å². The molecule has 0 saturated heterocycles. The third-order valence-corrected chi connectivity index (χ3v) is 6.57. The van der Waals surface area contributed by atoms with Gasteiger partial charge >= 0.3 is 0 Å². The number of fused-ring (bicyclic) bond motifs is 3. The largest absolute Gasteiger partial charge is 0.454 e. The van der Waals surface area contributed by atoms with Crippen molar-refractivity contribution in [3.05, 3.63) is 22.8 Å². The Labute approximate surface area is 135 Å². The van der Waals surface area contributed by atoms with Gasteiger partial charge in [0.05, 0.1) is 19.3 Å². The van der Waals surface area contributed by atoms with Crippen LogP contribution in [0.1, 0.15) is 54.8 Å². The molecule has 0 aromatic heterocycles. The summed E-state index contributed by atoms with van der Waals surface area (Å²) in [6.07, 6.45) is 6.22. The van der Waals surface area contributed by atoms with Crippen LogP contribution in [0.4, 0.5) is 0 Å². The first-order valence-electron chi connectivity index (χ1n) is 8.70. The van der Waals surface area contributed by atoms with E-state index in [1.54, 1.807) is 10.5 Å². The van der Waals surface area contributed by atoms with Crippen molar-refractivity contribution in [3.63, 3.8) is 0 Å². The second-order valence-electron chi connectivity index (χ2n) is 7.61.